The molecule has 0 radical (unpaired) electrons. The predicted molar refractivity (Wildman–Crippen MR) is 106 cm³/mol. The molecule has 2 aliphatic heterocycles. The van der Waals surface area contributed by atoms with E-state index >= 15 is 0 Å². The van der Waals surface area contributed by atoms with Gasteiger partial charge in [0, 0.05) is 26.7 Å². The van der Waals surface area contributed by atoms with E-state index in [1.165, 1.54) is 32.1 Å². The molecule has 3 fully saturated rings. The molecule has 0 bridgehead atoms. The summed E-state index contributed by atoms with van der Waals surface area (Å²) in [6, 6.07) is -0.375. The SMILES string of the molecule is CCC1CCC(CNC(=NC)N2CCC(C3(C)NC(=O)NC3=O)CC2)CC1. The van der Waals surface area contributed by atoms with E-state index in [1.807, 2.05) is 14.0 Å². The first-order chi connectivity index (χ1) is 13.0. The Labute approximate surface area is 162 Å². The molecule has 1 atom stereocenters. The van der Waals surface area contributed by atoms with Crippen LogP contribution in [0.25, 0.3) is 0 Å². The number of hydrogen-bond donors (Lipinski definition) is 3. The van der Waals surface area contributed by atoms with Crippen molar-refractivity contribution in [3.05, 3.63) is 0 Å². The Morgan fingerprint density at radius 1 is 1.15 bits per heavy atom. The van der Waals surface area contributed by atoms with E-state index in [9.17, 15) is 9.59 Å². The lowest BCUT2D eigenvalue weighted by atomic mass is 9.79. The number of carbonyl (C=O) groups excluding carboxylic acids is 2. The maximum Gasteiger partial charge on any atom is 0.322 e. The van der Waals surface area contributed by atoms with Crippen molar-refractivity contribution in [2.75, 3.05) is 26.7 Å². The predicted octanol–water partition coefficient (Wildman–Crippen LogP) is 2.09. The summed E-state index contributed by atoms with van der Waals surface area (Å²) in [6.07, 6.45) is 8.40. The Bertz CT molecular complexity index is 577. The second-order valence-corrected chi connectivity index (χ2v) is 8.60. The number of carbonyl (C=O) groups is 2. The highest BCUT2D eigenvalue weighted by atomic mass is 16.2. The molecule has 0 aromatic heterocycles. The van der Waals surface area contributed by atoms with E-state index in [2.05, 4.69) is 32.8 Å². The van der Waals surface area contributed by atoms with Crippen LogP contribution in [0.15, 0.2) is 4.99 Å². The Morgan fingerprint density at radius 2 is 1.78 bits per heavy atom. The number of nitrogens with zero attached hydrogens (tertiary/aromatic N) is 2. The molecule has 3 rings (SSSR count). The lowest BCUT2D eigenvalue weighted by Gasteiger charge is -2.40. The summed E-state index contributed by atoms with van der Waals surface area (Å²) in [7, 11) is 1.84. The molecule has 0 aromatic rings. The van der Waals surface area contributed by atoms with Gasteiger partial charge in [-0.25, -0.2) is 4.79 Å². The van der Waals surface area contributed by atoms with Crippen molar-refractivity contribution in [3.63, 3.8) is 0 Å². The average Bonchev–Trinajstić information content (AvgIpc) is 2.96. The highest BCUT2D eigenvalue weighted by Crippen LogP contribution is 2.31. The third kappa shape index (κ3) is 4.38. The summed E-state index contributed by atoms with van der Waals surface area (Å²) in [6.45, 7) is 6.85. The van der Waals surface area contributed by atoms with Crippen molar-refractivity contribution in [1.29, 1.82) is 0 Å². The average molecular weight is 378 g/mol. The van der Waals surface area contributed by atoms with Crippen LogP contribution in [-0.4, -0.2) is 55.0 Å². The number of rotatable bonds is 4. The minimum absolute atomic E-state index is 0.155. The van der Waals surface area contributed by atoms with Gasteiger partial charge in [0.15, 0.2) is 5.96 Å². The first-order valence-corrected chi connectivity index (χ1v) is 10.6. The third-order valence-electron chi connectivity index (χ3n) is 6.99. The molecule has 27 heavy (non-hydrogen) atoms. The normalized spacial score (nSPS) is 33.0. The number of imide groups is 1. The van der Waals surface area contributed by atoms with Crippen molar-refractivity contribution >= 4 is 17.9 Å². The van der Waals surface area contributed by atoms with Crippen LogP contribution in [-0.2, 0) is 4.79 Å². The van der Waals surface area contributed by atoms with Crippen LogP contribution in [0.4, 0.5) is 4.79 Å². The summed E-state index contributed by atoms with van der Waals surface area (Å²) in [5.41, 5.74) is -0.780. The molecule has 7 nitrogen and oxygen atoms in total. The number of urea groups is 1. The van der Waals surface area contributed by atoms with Gasteiger partial charge in [-0.05, 0) is 50.4 Å². The zero-order valence-electron chi connectivity index (χ0n) is 17.0. The van der Waals surface area contributed by atoms with Crippen LogP contribution in [0.3, 0.4) is 0 Å². The van der Waals surface area contributed by atoms with Gasteiger partial charge in [0.2, 0.25) is 0 Å². The lowest BCUT2D eigenvalue weighted by Crippen LogP contribution is -2.55. The van der Waals surface area contributed by atoms with Crippen LogP contribution in [0.2, 0.25) is 0 Å². The monoisotopic (exact) mass is 377 g/mol. The van der Waals surface area contributed by atoms with Gasteiger partial charge < -0.3 is 15.5 Å². The molecule has 3 aliphatic rings. The molecule has 0 spiro atoms. The standard InChI is InChI=1S/C20H35N5O2/c1-4-14-5-7-15(8-6-14)13-22-18(21-3)25-11-9-16(10-12-25)20(2)17(26)23-19(27)24-20/h14-16H,4-13H2,1-3H3,(H,21,22)(H2,23,24,26,27). The number of nitrogens with one attached hydrogen (secondary N) is 3. The highest BCUT2D eigenvalue weighted by Gasteiger charge is 2.48. The highest BCUT2D eigenvalue weighted by molar-refractivity contribution is 6.07. The molecule has 7 heteroatoms. The van der Waals surface area contributed by atoms with Crippen molar-refractivity contribution < 1.29 is 9.59 Å². The summed E-state index contributed by atoms with van der Waals surface area (Å²) < 4.78 is 0. The number of piperidine rings is 1. The van der Waals surface area contributed by atoms with Gasteiger partial charge in [0.1, 0.15) is 5.54 Å². The number of likely N-dealkylation sites (tertiary alicyclic amines) is 1. The number of aliphatic imine (C=N–C) groups is 1. The minimum atomic E-state index is -0.780. The van der Waals surface area contributed by atoms with Gasteiger partial charge in [-0.1, -0.05) is 26.2 Å². The summed E-state index contributed by atoms with van der Waals surface area (Å²) in [5, 5.41) is 8.77. The van der Waals surface area contributed by atoms with Gasteiger partial charge in [0.25, 0.3) is 5.91 Å². The van der Waals surface area contributed by atoms with Crippen molar-refractivity contribution in [1.82, 2.24) is 20.9 Å². The van der Waals surface area contributed by atoms with E-state index in [-0.39, 0.29) is 17.9 Å². The molecule has 1 aliphatic carbocycles. The number of amides is 3. The largest absolute Gasteiger partial charge is 0.356 e. The van der Waals surface area contributed by atoms with E-state index in [0.29, 0.717) is 0 Å². The first kappa shape index (κ1) is 20.0. The van der Waals surface area contributed by atoms with Gasteiger partial charge in [-0.15, -0.1) is 0 Å². The Balaban J connectivity index is 1.46. The van der Waals surface area contributed by atoms with Crippen LogP contribution in [0, 0.1) is 17.8 Å². The van der Waals surface area contributed by atoms with Crippen LogP contribution in [0.5, 0.6) is 0 Å². The zero-order valence-corrected chi connectivity index (χ0v) is 17.0. The third-order valence-corrected chi connectivity index (χ3v) is 6.99. The summed E-state index contributed by atoms with van der Waals surface area (Å²) in [5.74, 6) is 2.60. The molecular formula is C20H35N5O2. The molecule has 1 unspecified atom stereocenters. The molecule has 3 N–H and O–H groups in total. The number of hydrogen-bond acceptors (Lipinski definition) is 3. The fourth-order valence-electron chi connectivity index (χ4n) is 4.92. The van der Waals surface area contributed by atoms with E-state index in [1.54, 1.807) is 0 Å². The molecule has 2 saturated heterocycles. The smallest absolute Gasteiger partial charge is 0.322 e. The molecule has 2 heterocycles. The quantitative estimate of drug-likeness (QED) is 0.398. The second kappa shape index (κ2) is 8.48. The molecule has 0 aromatic carbocycles. The van der Waals surface area contributed by atoms with Gasteiger partial charge in [0.05, 0.1) is 0 Å². The second-order valence-electron chi connectivity index (χ2n) is 8.60. The Morgan fingerprint density at radius 3 is 2.30 bits per heavy atom. The zero-order chi connectivity index (χ0) is 19.4. The summed E-state index contributed by atoms with van der Waals surface area (Å²) >= 11 is 0. The van der Waals surface area contributed by atoms with Gasteiger partial charge >= 0.3 is 6.03 Å². The summed E-state index contributed by atoms with van der Waals surface area (Å²) in [4.78, 5) is 30.4. The molecule has 1 saturated carbocycles. The topological polar surface area (TPSA) is 85.8 Å². The maximum atomic E-state index is 12.2. The lowest BCUT2D eigenvalue weighted by molar-refractivity contribution is -0.125. The van der Waals surface area contributed by atoms with Crippen molar-refractivity contribution in [2.45, 2.75) is 64.3 Å². The van der Waals surface area contributed by atoms with E-state index in [0.717, 1.165) is 50.3 Å². The van der Waals surface area contributed by atoms with E-state index < -0.39 is 5.54 Å². The molecule has 152 valence electrons. The fraction of sp³-hybridized carbons (Fsp3) is 0.850. The van der Waals surface area contributed by atoms with E-state index in [4.69, 9.17) is 0 Å². The van der Waals surface area contributed by atoms with Gasteiger partial charge in [-0.3, -0.25) is 15.1 Å². The first-order valence-electron chi connectivity index (χ1n) is 10.6. The minimum Gasteiger partial charge on any atom is -0.356 e. The maximum absolute atomic E-state index is 12.2. The van der Waals surface area contributed by atoms with Crippen molar-refractivity contribution in [3.8, 4) is 0 Å². The van der Waals surface area contributed by atoms with Gasteiger partial charge in [-0.2, -0.15) is 0 Å². The Hall–Kier alpha value is -1.79. The number of guanidine groups is 1. The van der Waals surface area contributed by atoms with Crippen LogP contribution < -0.4 is 16.0 Å². The molecule has 3 amide bonds. The molecular weight excluding hydrogens is 342 g/mol. The van der Waals surface area contributed by atoms with Crippen molar-refractivity contribution in [2.24, 2.45) is 22.7 Å². The van der Waals surface area contributed by atoms with Crippen LogP contribution in [0.1, 0.15) is 58.8 Å². The van der Waals surface area contributed by atoms with Crippen LogP contribution >= 0.6 is 0 Å². The fourth-order valence-corrected chi connectivity index (χ4v) is 4.92. The Kier molecular flexibility index (Phi) is 6.27.